The van der Waals surface area contributed by atoms with Gasteiger partial charge in [-0.2, -0.15) is 0 Å². The predicted octanol–water partition coefficient (Wildman–Crippen LogP) is 7.04. The van der Waals surface area contributed by atoms with Crippen molar-refractivity contribution in [2.75, 3.05) is 4.90 Å². The number of halogens is 3. The van der Waals surface area contributed by atoms with Crippen molar-refractivity contribution in [3.05, 3.63) is 79.8 Å². The summed E-state index contributed by atoms with van der Waals surface area (Å²) in [4.78, 5) is 17.1. The maximum atomic E-state index is 13.4. The number of rotatable bonds is 1. The van der Waals surface area contributed by atoms with Crippen LogP contribution in [0.2, 0.25) is 10.0 Å². The molecular weight excluding hydrogens is 488 g/mol. The van der Waals surface area contributed by atoms with E-state index in [1.54, 1.807) is 28.8 Å². The zero-order chi connectivity index (χ0) is 17.6. The number of fused-ring (bicyclic) bond motifs is 2. The van der Waals surface area contributed by atoms with Crippen molar-refractivity contribution < 1.29 is 4.79 Å². The summed E-state index contributed by atoms with van der Waals surface area (Å²) in [5.74, 6) is -0.167. The lowest BCUT2D eigenvalue weighted by Gasteiger charge is -2.31. The van der Waals surface area contributed by atoms with Crippen LogP contribution in [0.3, 0.4) is 0 Å². The summed E-state index contributed by atoms with van der Waals surface area (Å²) < 4.78 is 0.955. The van der Waals surface area contributed by atoms with E-state index in [2.05, 4.69) is 22.6 Å². The van der Waals surface area contributed by atoms with Gasteiger partial charge in [-0.3, -0.25) is 9.69 Å². The molecule has 4 rings (SSSR count). The van der Waals surface area contributed by atoms with E-state index in [0.717, 1.165) is 24.7 Å². The molecule has 0 saturated carbocycles. The molecule has 124 valence electrons. The first-order chi connectivity index (χ1) is 12.0. The first-order valence-electron chi connectivity index (χ1n) is 7.40. The van der Waals surface area contributed by atoms with Gasteiger partial charge in [0.25, 0.3) is 5.91 Å². The molecule has 1 aliphatic heterocycles. The van der Waals surface area contributed by atoms with Gasteiger partial charge in [-0.25, -0.2) is 0 Å². The van der Waals surface area contributed by atoms with Crippen molar-refractivity contribution in [3.63, 3.8) is 0 Å². The number of hydrogen-bond donors (Lipinski definition) is 0. The highest BCUT2D eigenvalue weighted by molar-refractivity contribution is 14.1. The number of hydrogen-bond acceptors (Lipinski definition) is 2. The zero-order valence-corrected chi connectivity index (χ0v) is 17.2. The second-order valence-electron chi connectivity index (χ2n) is 5.45. The minimum absolute atomic E-state index is 0.167. The molecule has 0 radical (unpaired) electrons. The summed E-state index contributed by atoms with van der Waals surface area (Å²) in [6.45, 7) is 0. The zero-order valence-electron chi connectivity index (χ0n) is 12.7. The van der Waals surface area contributed by atoms with Crippen LogP contribution >= 0.6 is 57.6 Å². The molecule has 1 aliphatic rings. The van der Waals surface area contributed by atoms with Gasteiger partial charge >= 0.3 is 0 Å². The SMILES string of the molecule is O=C(c1cc(I)ccc1Cl)N1c2ccccc2Sc2ccc(Cl)cc21. The van der Waals surface area contributed by atoms with E-state index >= 15 is 0 Å². The van der Waals surface area contributed by atoms with Gasteiger partial charge in [0, 0.05) is 18.4 Å². The number of amides is 1. The molecule has 0 aromatic heterocycles. The molecule has 2 nitrogen and oxygen atoms in total. The Labute approximate surface area is 173 Å². The van der Waals surface area contributed by atoms with Gasteiger partial charge in [0.15, 0.2) is 0 Å². The molecule has 3 aromatic carbocycles. The van der Waals surface area contributed by atoms with Gasteiger partial charge in [-0.05, 0) is 71.1 Å². The molecule has 1 amide bonds. The molecule has 1 heterocycles. The molecule has 0 bridgehead atoms. The molecule has 0 spiro atoms. The van der Waals surface area contributed by atoms with Gasteiger partial charge < -0.3 is 0 Å². The van der Waals surface area contributed by atoms with Crippen LogP contribution in [0.4, 0.5) is 11.4 Å². The molecule has 25 heavy (non-hydrogen) atoms. The molecule has 0 aliphatic carbocycles. The van der Waals surface area contributed by atoms with E-state index in [0.29, 0.717) is 15.6 Å². The van der Waals surface area contributed by atoms with Crippen molar-refractivity contribution in [3.8, 4) is 0 Å². The number of benzene rings is 3. The second-order valence-corrected chi connectivity index (χ2v) is 8.62. The average Bonchev–Trinajstić information content (AvgIpc) is 2.61. The first-order valence-corrected chi connectivity index (χ1v) is 10.1. The third-order valence-electron chi connectivity index (χ3n) is 3.85. The molecule has 6 heteroatoms. The monoisotopic (exact) mass is 497 g/mol. The van der Waals surface area contributed by atoms with Gasteiger partial charge in [-0.1, -0.05) is 47.1 Å². The predicted molar refractivity (Wildman–Crippen MR) is 113 cm³/mol. The van der Waals surface area contributed by atoms with Crippen molar-refractivity contribution in [2.45, 2.75) is 9.79 Å². The quantitative estimate of drug-likeness (QED) is 0.336. The summed E-state index contributed by atoms with van der Waals surface area (Å²) in [5, 5.41) is 1.02. The van der Waals surface area contributed by atoms with Crippen LogP contribution < -0.4 is 4.90 Å². The summed E-state index contributed by atoms with van der Waals surface area (Å²) in [6.07, 6.45) is 0. The maximum Gasteiger partial charge on any atom is 0.264 e. The van der Waals surface area contributed by atoms with Crippen molar-refractivity contribution in [1.82, 2.24) is 0 Å². The lowest BCUT2D eigenvalue weighted by Crippen LogP contribution is -2.28. The molecule has 0 atom stereocenters. The Bertz CT molecular complexity index is 1010. The highest BCUT2D eigenvalue weighted by Gasteiger charge is 2.30. The largest absolute Gasteiger partial charge is 0.275 e. The second kappa shape index (κ2) is 6.83. The highest BCUT2D eigenvalue weighted by atomic mass is 127. The minimum Gasteiger partial charge on any atom is -0.275 e. The molecular formula is C19H10Cl2INOS. The molecule has 0 N–H and O–H groups in total. The molecule has 0 fully saturated rings. The third kappa shape index (κ3) is 3.16. The van der Waals surface area contributed by atoms with Crippen molar-refractivity contribution in [1.29, 1.82) is 0 Å². The Morgan fingerprint density at radius 1 is 0.920 bits per heavy atom. The number of nitrogens with zero attached hydrogens (tertiary/aromatic N) is 1. The maximum absolute atomic E-state index is 13.4. The minimum atomic E-state index is -0.167. The van der Waals surface area contributed by atoms with Gasteiger partial charge in [0.2, 0.25) is 0 Å². The van der Waals surface area contributed by atoms with E-state index in [9.17, 15) is 4.79 Å². The third-order valence-corrected chi connectivity index (χ3v) is 6.22. The standard InChI is InChI=1S/C19H10Cl2INOS/c20-11-5-8-18-16(9-11)23(15-3-1-2-4-17(15)25-18)19(24)13-10-12(22)6-7-14(13)21/h1-10H. The van der Waals surface area contributed by atoms with Crippen LogP contribution in [0.25, 0.3) is 0 Å². The fourth-order valence-corrected chi connectivity index (χ4v) is 4.62. The van der Waals surface area contributed by atoms with Crippen LogP contribution in [-0.4, -0.2) is 5.91 Å². The van der Waals surface area contributed by atoms with E-state index in [1.165, 1.54) is 0 Å². The molecule has 0 unspecified atom stereocenters. The average molecular weight is 498 g/mol. The van der Waals surface area contributed by atoms with Crippen LogP contribution in [0.5, 0.6) is 0 Å². The summed E-state index contributed by atoms with van der Waals surface area (Å²) in [6, 6.07) is 18.9. The highest BCUT2D eigenvalue weighted by Crippen LogP contribution is 2.49. The Morgan fingerprint density at radius 2 is 1.68 bits per heavy atom. The van der Waals surface area contributed by atoms with Crippen LogP contribution in [0.15, 0.2) is 70.5 Å². The van der Waals surface area contributed by atoms with Gasteiger partial charge in [0.05, 0.1) is 22.0 Å². The summed E-state index contributed by atoms with van der Waals surface area (Å²) in [7, 11) is 0. The van der Waals surface area contributed by atoms with Crippen molar-refractivity contribution >= 4 is 74.8 Å². The Hall–Kier alpha value is -1.21. The number of para-hydroxylation sites is 1. The Kier molecular flexibility index (Phi) is 4.71. The van der Waals surface area contributed by atoms with Gasteiger partial charge in [-0.15, -0.1) is 0 Å². The lowest BCUT2D eigenvalue weighted by atomic mass is 10.1. The molecule has 0 saturated heterocycles. The fourth-order valence-electron chi connectivity index (χ4n) is 2.73. The lowest BCUT2D eigenvalue weighted by molar-refractivity contribution is 0.0998. The van der Waals surface area contributed by atoms with Crippen LogP contribution in [0, 0.1) is 3.57 Å². The number of carbonyl (C=O) groups excluding carboxylic acids is 1. The van der Waals surface area contributed by atoms with Crippen LogP contribution in [-0.2, 0) is 0 Å². The van der Waals surface area contributed by atoms with E-state index in [1.807, 2.05) is 48.5 Å². The Balaban J connectivity index is 1.93. The van der Waals surface area contributed by atoms with Crippen LogP contribution in [0.1, 0.15) is 10.4 Å². The van der Waals surface area contributed by atoms with E-state index < -0.39 is 0 Å². The molecule has 3 aromatic rings. The van der Waals surface area contributed by atoms with Gasteiger partial charge in [0.1, 0.15) is 0 Å². The normalized spacial score (nSPS) is 12.5. The fraction of sp³-hybridized carbons (Fsp3) is 0. The number of anilines is 2. The van der Waals surface area contributed by atoms with E-state index in [4.69, 9.17) is 23.2 Å². The number of carbonyl (C=O) groups is 1. The van der Waals surface area contributed by atoms with E-state index in [-0.39, 0.29) is 5.91 Å². The Morgan fingerprint density at radius 3 is 2.52 bits per heavy atom. The summed E-state index contributed by atoms with van der Waals surface area (Å²) in [5.41, 5.74) is 2.08. The topological polar surface area (TPSA) is 20.3 Å². The summed E-state index contributed by atoms with van der Waals surface area (Å²) >= 11 is 16.3. The van der Waals surface area contributed by atoms with Crippen molar-refractivity contribution in [2.24, 2.45) is 0 Å². The first kappa shape index (κ1) is 17.2. The smallest absolute Gasteiger partial charge is 0.264 e.